The zero-order valence-electron chi connectivity index (χ0n) is 9.28. The molecular formula is C12H14BrNOS2. The summed E-state index contributed by atoms with van der Waals surface area (Å²) >= 11 is 9.61. The summed E-state index contributed by atoms with van der Waals surface area (Å²) in [5, 5.41) is 3.56. The lowest BCUT2D eigenvalue weighted by Crippen LogP contribution is -2.29. The van der Waals surface area contributed by atoms with Gasteiger partial charge in [-0.05, 0) is 36.8 Å². The number of carbonyl (C=O) groups is 1. The number of amides is 1. The van der Waals surface area contributed by atoms with Crippen LogP contribution in [-0.4, -0.2) is 23.5 Å². The standard InChI is InChI=1S/C12H14BrNOS2/c13-8-3-4-10(11(16)6-8)12(15)14-7-9-2-1-5-17-9/h3-4,6,9,16H,1-2,5,7H2,(H,14,15). The number of halogens is 1. The summed E-state index contributed by atoms with van der Waals surface area (Å²) in [5.74, 6) is 1.19. The van der Waals surface area contributed by atoms with Crippen molar-refractivity contribution in [3.63, 3.8) is 0 Å². The molecule has 0 aromatic heterocycles. The van der Waals surface area contributed by atoms with Gasteiger partial charge in [0.2, 0.25) is 0 Å². The first-order valence-corrected chi connectivity index (χ1v) is 7.84. The summed E-state index contributed by atoms with van der Waals surface area (Å²) in [7, 11) is 0. The molecular weight excluding hydrogens is 318 g/mol. The van der Waals surface area contributed by atoms with Crippen molar-refractivity contribution < 1.29 is 4.79 Å². The van der Waals surface area contributed by atoms with Gasteiger partial charge in [0, 0.05) is 21.2 Å². The fraction of sp³-hybridized carbons (Fsp3) is 0.417. The normalized spacial score (nSPS) is 19.3. The van der Waals surface area contributed by atoms with Gasteiger partial charge in [0.25, 0.3) is 5.91 Å². The third-order valence-corrected chi connectivity index (χ3v) is 4.98. The SMILES string of the molecule is O=C(NCC1CCCS1)c1ccc(Br)cc1S. The number of thioether (sulfide) groups is 1. The third kappa shape index (κ3) is 3.66. The van der Waals surface area contributed by atoms with Gasteiger partial charge >= 0.3 is 0 Å². The van der Waals surface area contributed by atoms with Gasteiger partial charge in [0.05, 0.1) is 5.56 Å². The Kier molecular flexibility index (Phi) is 4.82. The molecule has 1 aromatic carbocycles. The van der Waals surface area contributed by atoms with Crippen LogP contribution in [-0.2, 0) is 0 Å². The molecule has 0 saturated carbocycles. The first-order chi connectivity index (χ1) is 8.16. The molecule has 2 nitrogen and oxygen atoms in total. The zero-order chi connectivity index (χ0) is 12.3. The molecule has 2 rings (SSSR count). The highest BCUT2D eigenvalue weighted by Gasteiger charge is 2.17. The van der Waals surface area contributed by atoms with E-state index in [1.807, 2.05) is 23.9 Å². The van der Waals surface area contributed by atoms with Gasteiger partial charge in [0.15, 0.2) is 0 Å². The number of carbonyl (C=O) groups excluding carboxylic acids is 1. The highest BCUT2D eigenvalue weighted by Crippen LogP contribution is 2.25. The summed E-state index contributed by atoms with van der Waals surface area (Å²) in [4.78, 5) is 12.7. The molecule has 1 aliphatic heterocycles. The Morgan fingerprint density at radius 3 is 3.06 bits per heavy atom. The summed E-state index contributed by atoms with van der Waals surface area (Å²) in [6, 6.07) is 5.49. The minimum atomic E-state index is -0.0324. The third-order valence-electron chi connectivity index (χ3n) is 2.72. The number of nitrogens with one attached hydrogen (secondary N) is 1. The molecule has 1 unspecified atom stereocenters. The van der Waals surface area contributed by atoms with Crippen LogP contribution < -0.4 is 5.32 Å². The molecule has 1 aromatic rings. The van der Waals surface area contributed by atoms with Crippen molar-refractivity contribution in [2.75, 3.05) is 12.3 Å². The van der Waals surface area contributed by atoms with Crippen molar-refractivity contribution in [3.8, 4) is 0 Å². The average molecular weight is 332 g/mol. The predicted molar refractivity (Wildman–Crippen MR) is 79.2 cm³/mol. The number of hydrogen-bond acceptors (Lipinski definition) is 3. The van der Waals surface area contributed by atoms with E-state index in [1.165, 1.54) is 18.6 Å². The van der Waals surface area contributed by atoms with Crippen LogP contribution >= 0.6 is 40.3 Å². The van der Waals surface area contributed by atoms with E-state index in [0.29, 0.717) is 15.7 Å². The van der Waals surface area contributed by atoms with Gasteiger partial charge in [0.1, 0.15) is 0 Å². The van der Waals surface area contributed by atoms with Crippen LogP contribution in [0.3, 0.4) is 0 Å². The van der Waals surface area contributed by atoms with E-state index in [-0.39, 0.29) is 5.91 Å². The zero-order valence-corrected chi connectivity index (χ0v) is 12.6. The lowest BCUT2D eigenvalue weighted by atomic mass is 10.2. The molecule has 0 aliphatic carbocycles. The van der Waals surface area contributed by atoms with Gasteiger partial charge < -0.3 is 5.32 Å². The van der Waals surface area contributed by atoms with Crippen LogP contribution in [0.1, 0.15) is 23.2 Å². The maximum Gasteiger partial charge on any atom is 0.252 e. The first-order valence-electron chi connectivity index (χ1n) is 5.55. The topological polar surface area (TPSA) is 29.1 Å². The second kappa shape index (κ2) is 6.16. The fourth-order valence-electron chi connectivity index (χ4n) is 1.80. The molecule has 1 amide bonds. The highest BCUT2D eigenvalue weighted by molar-refractivity contribution is 9.10. The largest absolute Gasteiger partial charge is 0.351 e. The van der Waals surface area contributed by atoms with E-state index >= 15 is 0 Å². The Balaban J connectivity index is 1.94. The van der Waals surface area contributed by atoms with E-state index in [1.54, 1.807) is 6.07 Å². The van der Waals surface area contributed by atoms with Crippen LogP contribution in [0, 0.1) is 0 Å². The second-order valence-electron chi connectivity index (χ2n) is 4.01. The Morgan fingerprint density at radius 2 is 2.41 bits per heavy atom. The number of benzene rings is 1. The average Bonchev–Trinajstić information content (AvgIpc) is 2.78. The molecule has 1 N–H and O–H groups in total. The molecule has 17 heavy (non-hydrogen) atoms. The summed E-state index contributed by atoms with van der Waals surface area (Å²) in [6.07, 6.45) is 2.47. The van der Waals surface area contributed by atoms with E-state index < -0.39 is 0 Å². The van der Waals surface area contributed by atoms with Gasteiger partial charge in [-0.15, -0.1) is 12.6 Å². The van der Waals surface area contributed by atoms with E-state index in [4.69, 9.17) is 0 Å². The second-order valence-corrected chi connectivity index (χ2v) is 6.81. The lowest BCUT2D eigenvalue weighted by Gasteiger charge is -2.11. The molecule has 1 heterocycles. The molecule has 0 spiro atoms. The van der Waals surface area contributed by atoms with Gasteiger partial charge in [-0.2, -0.15) is 11.8 Å². The quantitative estimate of drug-likeness (QED) is 0.831. The highest BCUT2D eigenvalue weighted by atomic mass is 79.9. The Hall–Kier alpha value is -0.130. The minimum Gasteiger partial charge on any atom is -0.351 e. The molecule has 1 saturated heterocycles. The van der Waals surface area contributed by atoms with Crippen molar-refractivity contribution in [1.29, 1.82) is 0 Å². The summed E-state index contributed by atoms with van der Waals surface area (Å²) < 4.78 is 0.936. The van der Waals surface area contributed by atoms with Crippen LogP contribution in [0.5, 0.6) is 0 Å². The van der Waals surface area contributed by atoms with Gasteiger partial charge in [-0.25, -0.2) is 0 Å². The lowest BCUT2D eigenvalue weighted by molar-refractivity contribution is 0.0951. The molecule has 0 radical (unpaired) electrons. The molecule has 92 valence electrons. The van der Waals surface area contributed by atoms with Crippen LogP contribution in [0.4, 0.5) is 0 Å². The monoisotopic (exact) mass is 331 g/mol. The minimum absolute atomic E-state index is 0.0324. The Bertz CT molecular complexity index is 419. The van der Waals surface area contributed by atoms with Crippen molar-refractivity contribution in [2.24, 2.45) is 0 Å². The molecule has 1 fully saturated rings. The van der Waals surface area contributed by atoms with E-state index in [9.17, 15) is 4.79 Å². The summed E-state index contributed by atoms with van der Waals surface area (Å²) in [5.41, 5.74) is 0.638. The summed E-state index contributed by atoms with van der Waals surface area (Å²) in [6.45, 7) is 0.757. The van der Waals surface area contributed by atoms with Crippen molar-refractivity contribution in [2.45, 2.75) is 23.0 Å². The maximum atomic E-state index is 11.9. The van der Waals surface area contributed by atoms with Crippen LogP contribution in [0.25, 0.3) is 0 Å². The van der Waals surface area contributed by atoms with Gasteiger partial charge in [-0.1, -0.05) is 15.9 Å². The predicted octanol–water partition coefficient (Wildman–Crippen LogP) is 3.36. The van der Waals surface area contributed by atoms with Crippen LogP contribution in [0.2, 0.25) is 0 Å². The number of thiol groups is 1. The van der Waals surface area contributed by atoms with Crippen molar-refractivity contribution in [1.82, 2.24) is 5.32 Å². The smallest absolute Gasteiger partial charge is 0.252 e. The van der Waals surface area contributed by atoms with E-state index in [0.717, 1.165) is 11.0 Å². The van der Waals surface area contributed by atoms with Crippen molar-refractivity contribution in [3.05, 3.63) is 28.2 Å². The van der Waals surface area contributed by atoms with Crippen LogP contribution in [0.15, 0.2) is 27.6 Å². The molecule has 1 aliphatic rings. The molecule has 1 atom stereocenters. The fourth-order valence-corrected chi connectivity index (χ4v) is 3.86. The Labute approximate surface area is 119 Å². The number of hydrogen-bond donors (Lipinski definition) is 2. The number of rotatable bonds is 3. The van der Waals surface area contributed by atoms with Gasteiger partial charge in [-0.3, -0.25) is 4.79 Å². The molecule has 0 bridgehead atoms. The van der Waals surface area contributed by atoms with E-state index in [2.05, 4.69) is 33.9 Å². The maximum absolute atomic E-state index is 11.9. The molecule has 5 heteroatoms. The Morgan fingerprint density at radius 1 is 1.59 bits per heavy atom. The first kappa shape index (κ1) is 13.3. The van der Waals surface area contributed by atoms with Crippen molar-refractivity contribution >= 4 is 46.2 Å².